The van der Waals surface area contributed by atoms with Crippen LogP contribution in [0.15, 0.2) is 18.2 Å². The maximum Gasteiger partial charge on any atom is 0.125 e. The summed E-state index contributed by atoms with van der Waals surface area (Å²) in [6, 6.07) is 4.73. The second-order valence-corrected chi connectivity index (χ2v) is 4.53. The van der Waals surface area contributed by atoms with Crippen LogP contribution in [0.25, 0.3) is 0 Å². The van der Waals surface area contributed by atoms with Crippen molar-refractivity contribution in [2.24, 2.45) is 0 Å². The molecule has 1 heterocycles. The van der Waals surface area contributed by atoms with E-state index in [1.165, 1.54) is 6.07 Å². The lowest BCUT2D eigenvalue weighted by Gasteiger charge is -2.32. The van der Waals surface area contributed by atoms with E-state index in [0.29, 0.717) is 11.8 Å². The molecule has 1 aromatic carbocycles. The molecule has 0 spiro atoms. The molecule has 0 bridgehead atoms. The summed E-state index contributed by atoms with van der Waals surface area (Å²) in [5.41, 5.74) is 7.05. The molecular weight excluding hydrogens is 219 g/mol. The van der Waals surface area contributed by atoms with E-state index in [0.717, 1.165) is 38.2 Å². The fourth-order valence-corrected chi connectivity index (χ4v) is 2.20. The maximum atomic E-state index is 13.2. The number of benzene rings is 1. The first-order valence-corrected chi connectivity index (χ1v) is 6.06. The predicted octanol–water partition coefficient (Wildman–Crippen LogP) is 2.02. The third-order valence-corrected chi connectivity index (χ3v) is 3.06. The number of hydrogen-bond donors (Lipinski definition) is 1. The van der Waals surface area contributed by atoms with Crippen molar-refractivity contribution in [1.82, 2.24) is 4.90 Å². The Bertz CT molecular complexity index is 363. The van der Waals surface area contributed by atoms with Gasteiger partial charge in [-0.15, -0.1) is 0 Å². The van der Waals surface area contributed by atoms with Crippen LogP contribution in [-0.2, 0) is 11.3 Å². The third-order valence-electron chi connectivity index (χ3n) is 3.06. The quantitative estimate of drug-likeness (QED) is 0.819. The largest absolute Gasteiger partial charge is 0.399 e. The van der Waals surface area contributed by atoms with Crippen LogP contribution in [-0.4, -0.2) is 30.7 Å². The Morgan fingerprint density at radius 1 is 1.47 bits per heavy atom. The van der Waals surface area contributed by atoms with Crippen molar-refractivity contribution >= 4 is 5.69 Å². The minimum absolute atomic E-state index is 0.264. The normalized spacial score (nSPS) is 21.6. The van der Waals surface area contributed by atoms with Crippen LogP contribution in [0.3, 0.4) is 0 Å². The third kappa shape index (κ3) is 3.41. The van der Waals surface area contributed by atoms with E-state index in [-0.39, 0.29) is 5.82 Å². The second kappa shape index (κ2) is 5.47. The summed E-state index contributed by atoms with van der Waals surface area (Å²) in [5.74, 6) is -0.264. The van der Waals surface area contributed by atoms with Gasteiger partial charge in [-0.25, -0.2) is 4.39 Å². The van der Waals surface area contributed by atoms with Gasteiger partial charge >= 0.3 is 0 Å². The van der Waals surface area contributed by atoms with Crippen molar-refractivity contribution < 1.29 is 9.13 Å². The molecule has 3 nitrogen and oxygen atoms in total. The fourth-order valence-electron chi connectivity index (χ4n) is 2.20. The molecule has 0 amide bonds. The van der Waals surface area contributed by atoms with Gasteiger partial charge in [-0.3, -0.25) is 4.90 Å². The minimum atomic E-state index is -0.264. The summed E-state index contributed by atoms with van der Waals surface area (Å²) in [4.78, 5) is 2.28. The van der Waals surface area contributed by atoms with Crippen molar-refractivity contribution in [3.8, 4) is 0 Å². The molecule has 94 valence electrons. The smallest absolute Gasteiger partial charge is 0.125 e. The highest BCUT2D eigenvalue weighted by atomic mass is 19.1. The van der Waals surface area contributed by atoms with Crippen molar-refractivity contribution in [1.29, 1.82) is 0 Å². The molecular formula is C13H19FN2O. The van der Waals surface area contributed by atoms with Gasteiger partial charge in [0, 0.05) is 25.3 Å². The zero-order valence-corrected chi connectivity index (χ0v) is 10.2. The van der Waals surface area contributed by atoms with Gasteiger partial charge in [-0.1, -0.05) is 6.92 Å². The van der Waals surface area contributed by atoms with Crippen LogP contribution in [0.4, 0.5) is 10.1 Å². The second-order valence-electron chi connectivity index (χ2n) is 4.53. The summed E-state index contributed by atoms with van der Waals surface area (Å²) in [7, 11) is 0. The van der Waals surface area contributed by atoms with Crippen LogP contribution >= 0.6 is 0 Å². The molecule has 0 aromatic heterocycles. The van der Waals surface area contributed by atoms with Crippen LogP contribution in [0.1, 0.15) is 18.9 Å². The van der Waals surface area contributed by atoms with Gasteiger partial charge in [-0.2, -0.15) is 0 Å². The number of halogens is 1. The number of nitrogens with zero attached hydrogens (tertiary/aromatic N) is 1. The minimum Gasteiger partial charge on any atom is -0.399 e. The van der Waals surface area contributed by atoms with E-state index in [2.05, 4.69) is 11.8 Å². The Morgan fingerprint density at radius 2 is 2.29 bits per heavy atom. The molecule has 1 fully saturated rings. The Morgan fingerprint density at radius 3 is 3.00 bits per heavy atom. The van der Waals surface area contributed by atoms with Crippen LogP contribution in [0, 0.1) is 5.82 Å². The molecule has 1 aliphatic rings. The van der Waals surface area contributed by atoms with Gasteiger partial charge in [0.25, 0.3) is 0 Å². The van der Waals surface area contributed by atoms with Gasteiger partial charge in [0.2, 0.25) is 0 Å². The number of anilines is 1. The number of hydrogen-bond acceptors (Lipinski definition) is 3. The van der Waals surface area contributed by atoms with Crippen molar-refractivity contribution in [2.45, 2.75) is 26.0 Å². The summed E-state index contributed by atoms with van der Waals surface area (Å²) in [6.07, 6.45) is 1.32. The molecule has 2 N–H and O–H groups in total. The first kappa shape index (κ1) is 12.3. The molecule has 1 atom stereocenters. The monoisotopic (exact) mass is 238 g/mol. The summed E-state index contributed by atoms with van der Waals surface area (Å²) >= 11 is 0. The lowest BCUT2D eigenvalue weighted by molar-refractivity contribution is -0.0324. The number of morpholine rings is 1. The zero-order chi connectivity index (χ0) is 12.3. The Kier molecular flexibility index (Phi) is 3.97. The first-order valence-electron chi connectivity index (χ1n) is 6.06. The fraction of sp³-hybridized carbons (Fsp3) is 0.538. The molecule has 0 aliphatic carbocycles. The molecule has 17 heavy (non-hydrogen) atoms. The molecule has 0 radical (unpaired) electrons. The molecule has 4 heteroatoms. The van der Waals surface area contributed by atoms with E-state index in [9.17, 15) is 4.39 Å². The summed E-state index contributed by atoms with van der Waals surface area (Å²) in [5, 5.41) is 0. The highest BCUT2D eigenvalue weighted by Crippen LogP contribution is 2.15. The van der Waals surface area contributed by atoms with Crippen molar-refractivity contribution in [3.63, 3.8) is 0 Å². The van der Waals surface area contributed by atoms with E-state index >= 15 is 0 Å². The highest BCUT2D eigenvalue weighted by molar-refractivity contribution is 5.41. The lowest BCUT2D eigenvalue weighted by atomic mass is 10.1. The standard InChI is InChI=1S/C13H19FN2O/c1-2-13-9-16(3-4-17-13)8-10-5-11(14)7-12(15)6-10/h5-7,13H,2-4,8-9,15H2,1H3. The van der Waals surface area contributed by atoms with E-state index < -0.39 is 0 Å². The van der Waals surface area contributed by atoms with Crippen LogP contribution < -0.4 is 5.73 Å². The SMILES string of the molecule is CCC1CN(Cc2cc(N)cc(F)c2)CCO1. The summed E-state index contributed by atoms with van der Waals surface area (Å²) < 4.78 is 18.8. The number of rotatable bonds is 3. The lowest BCUT2D eigenvalue weighted by Crippen LogP contribution is -2.41. The first-order chi connectivity index (χ1) is 8.17. The van der Waals surface area contributed by atoms with Crippen molar-refractivity contribution in [3.05, 3.63) is 29.6 Å². The maximum absolute atomic E-state index is 13.2. The van der Waals surface area contributed by atoms with E-state index in [1.807, 2.05) is 6.07 Å². The molecule has 1 aliphatic heterocycles. The number of ether oxygens (including phenoxy) is 1. The van der Waals surface area contributed by atoms with Gasteiger partial charge < -0.3 is 10.5 Å². The molecule has 1 unspecified atom stereocenters. The van der Waals surface area contributed by atoms with Gasteiger partial charge in [0.05, 0.1) is 12.7 Å². The van der Waals surface area contributed by atoms with Gasteiger partial charge in [-0.05, 0) is 30.2 Å². The molecule has 0 saturated carbocycles. The topological polar surface area (TPSA) is 38.5 Å². The van der Waals surface area contributed by atoms with E-state index in [4.69, 9.17) is 10.5 Å². The highest BCUT2D eigenvalue weighted by Gasteiger charge is 2.18. The Labute approximate surface area is 101 Å². The van der Waals surface area contributed by atoms with E-state index in [1.54, 1.807) is 6.07 Å². The van der Waals surface area contributed by atoms with Crippen LogP contribution in [0.5, 0.6) is 0 Å². The van der Waals surface area contributed by atoms with Gasteiger partial charge in [0.1, 0.15) is 5.82 Å². The zero-order valence-electron chi connectivity index (χ0n) is 10.2. The molecule has 2 rings (SSSR count). The number of nitrogen functional groups attached to an aromatic ring is 1. The van der Waals surface area contributed by atoms with Crippen LogP contribution in [0.2, 0.25) is 0 Å². The average Bonchev–Trinajstić information content (AvgIpc) is 2.28. The molecule has 1 saturated heterocycles. The predicted molar refractivity (Wildman–Crippen MR) is 66.1 cm³/mol. The Hall–Kier alpha value is -1.13. The Balaban J connectivity index is 2.00. The van der Waals surface area contributed by atoms with Crippen molar-refractivity contribution in [2.75, 3.05) is 25.4 Å². The van der Waals surface area contributed by atoms with Gasteiger partial charge in [0.15, 0.2) is 0 Å². The average molecular weight is 238 g/mol. The summed E-state index contributed by atoms with van der Waals surface area (Å²) in [6.45, 7) is 5.42. The molecule has 1 aromatic rings. The number of nitrogens with two attached hydrogens (primary N) is 1.